The van der Waals surface area contributed by atoms with Crippen LogP contribution >= 0.6 is 0 Å². The predicted octanol–water partition coefficient (Wildman–Crippen LogP) is 24.7. The molecule has 0 aliphatic carbocycles. The number of halogens is 2. The van der Waals surface area contributed by atoms with Gasteiger partial charge < -0.3 is 0 Å². The Balaban J connectivity index is 1.26. The van der Waals surface area contributed by atoms with Crippen molar-refractivity contribution in [3.05, 3.63) is 97.8 Å². The topological polar surface area (TPSA) is 44.0 Å². The molecule has 0 saturated heterocycles. The first-order valence-electron chi connectivity index (χ1n) is 38.3. The number of rotatable bonds is 55. The van der Waals surface area contributed by atoms with E-state index in [1.54, 1.807) is 12.1 Å². The fourth-order valence-electron chi connectivity index (χ4n) is 14.1. The SMILES string of the molecule is CCCCCCCCCCCCC(CCCCCCCCCC)CCCCn1c(=O)c(-c2ccc(C)[te]2)cc2c1cc(-c1ccc(-c3[se]c(/C=C/c4cc(F)c(C)[se]4)cc3F)[te]1)c(=O)n2CCCCC(CCCCCCCCCC)CCCCCCCCCCCC. The number of hydrogen-bond donors (Lipinski definition) is 0. The molecule has 6 aromatic rings. The van der Waals surface area contributed by atoms with Crippen LogP contribution in [0.4, 0.5) is 8.78 Å². The summed E-state index contributed by atoms with van der Waals surface area (Å²) < 4.78 is 42.7. The summed E-state index contributed by atoms with van der Waals surface area (Å²) >= 11 is -2.07. The third-order valence-corrected chi connectivity index (χ3v) is 31.3. The molecule has 514 valence electrons. The second-order valence-electron chi connectivity index (χ2n) is 27.8. The molecule has 0 spiro atoms. The molecule has 92 heavy (non-hydrogen) atoms. The van der Waals surface area contributed by atoms with Gasteiger partial charge in [0.15, 0.2) is 0 Å². The average Bonchev–Trinajstić information content (AvgIpc) is 1.000. The molecule has 0 N–H and O–H groups in total. The van der Waals surface area contributed by atoms with Crippen LogP contribution in [-0.4, -0.2) is 79.0 Å². The van der Waals surface area contributed by atoms with Gasteiger partial charge in [-0.2, -0.15) is 0 Å². The zero-order chi connectivity index (χ0) is 65.4. The van der Waals surface area contributed by atoms with Gasteiger partial charge in [-0.05, 0) is 0 Å². The molecule has 6 heterocycles. The van der Waals surface area contributed by atoms with E-state index >= 15 is 14.0 Å². The molecule has 0 saturated carbocycles. The summed E-state index contributed by atoms with van der Waals surface area (Å²) in [5.74, 6) is 1.15. The molecule has 10 heteroatoms. The normalized spacial score (nSPS) is 12.7. The van der Waals surface area contributed by atoms with Crippen molar-refractivity contribution in [3.8, 4) is 26.3 Å². The summed E-state index contributed by atoms with van der Waals surface area (Å²) in [6, 6.07) is 16.1. The maximum absolute atomic E-state index is 16.1. The van der Waals surface area contributed by atoms with Crippen molar-refractivity contribution in [2.75, 3.05) is 0 Å². The predicted molar refractivity (Wildman–Crippen MR) is 403 cm³/mol. The van der Waals surface area contributed by atoms with Gasteiger partial charge in [-0.25, -0.2) is 0 Å². The van der Waals surface area contributed by atoms with E-state index in [-0.39, 0.29) is 51.8 Å². The van der Waals surface area contributed by atoms with Crippen molar-refractivity contribution >= 4 is 93.1 Å². The molecule has 0 aliphatic heterocycles. The first kappa shape index (κ1) is 79.3. The van der Waals surface area contributed by atoms with Crippen molar-refractivity contribution in [1.82, 2.24) is 9.13 Å². The Hall–Kier alpha value is -1.70. The van der Waals surface area contributed by atoms with Crippen LogP contribution in [0.15, 0.2) is 58.1 Å². The van der Waals surface area contributed by atoms with Crippen molar-refractivity contribution < 1.29 is 8.78 Å². The molecule has 0 radical (unpaired) electrons. The van der Waals surface area contributed by atoms with Crippen LogP contribution in [0.5, 0.6) is 0 Å². The Morgan fingerprint density at radius 2 is 0.696 bits per heavy atom. The van der Waals surface area contributed by atoms with Gasteiger partial charge in [0.05, 0.1) is 0 Å². The fourth-order valence-corrected chi connectivity index (χ4v) is 24.0. The van der Waals surface area contributed by atoms with Crippen molar-refractivity contribution in [2.24, 2.45) is 11.8 Å². The number of pyridine rings is 2. The Morgan fingerprint density at radius 3 is 1.04 bits per heavy atom. The molecule has 2 atom stereocenters. The molecule has 0 fully saturated rings. The fraction of sp³-hybridized carbons (Fsp3) is 0.683. The first-order valence-corrected chi connectivity index (χ1v) is 46.4. The van der Waals surface area contributed by atoms with Crippen LogP contribution in [-0.2, 0) is 13.1 Å². The number of fused-ring (bicyclic) bond motifs is 1. The van der Waals surface area contributed by atoms with E-state index in [1.807, 2.05) is 19.1 Å². The average molecular weight is 1620 g/mol. The Labute approximate surface area is 591 Å². The summed E-state index contributed by atoms with van der Waals surface area (Å²) in [7, 11) is 0. The molecule has 0 bridgehead atoms. The van der Waals surface area contributed by atoms with Crippen molar-refractivity contribution in [2.45, 2.75) is 350 Å². The zero-order valence-corrected chi connectivity index (χ0v) is 67.1. The molecule has 0 aliphatic rings. The van der Waals surface area contributed by atoms with Gasteiger partial charge in [-0.15, -0.1) is 0 Å². The summed E-state index contributed by atoms with van der Waals surface area (Å²) in [6.45, 7) is 14.6. The smallest absolute Gasteiger partial charge is 0.0654 e. The van der Waals surface area contributed by atoms with E-state index in [2.05, 4.69) is 80.2 Å². The Kier molecular flexibility index (Phi) is 41.5. The number of nitrogens with zero attached hydrogens (tertiary/aromatic N) is 2. The summed E-state index contributed by atoms with van der Waals surface area (Å²) in [5, 5.41) is 0. The van der Waals surface area contributed by atoms with Crippen molar-refractivity contribution in [1.29, 1.82) is 0 Å². The van der Waals surface area contributed by atoms with E-state index in [1.165, 1.54) is 277 Å². The summed E-state index contributed by atoms with van der Waals surface area (Å²) in [6.07, 6.45) is 64.9. The Morgan fingerprint density at radius 1 is 0.380 bits per heavy atom. The number of unbranched alkanes of at least 4 members (excludes halogenated alkanes) is 34. The standard InChI is InChI=1S/C82H126F2N2O2Se2Te2/c1-7-11-15-19-23-27-29-33-37-41-49-67(47-39-35-31-25-21-17-13-9-3)51-43-45-59-85-76-64-72(78-57-58-79(92-78)80-74(84)62-70(90-80)55-54-69-61-73(83)66(6)89-69)82(88)86(75(76)63-71(81(85)87)77-56-53-65(5)91-77)60-46-44-52-68(48-40-36-32-26-22-18-14-10-4)50-42-38-34-30-28-24-20-16-12-8-2/h53-58,61-64,67-68H,7-52,59-60H2,1-6H3/b55-54+. The van der Waals surface area contributed by atoms with Crippen molar-refractivity contribution in [3.63, 3.8) is 0 Å². The van der Waals surface area contributed by atoms with Gasteiger partial charge in [0, 0.05) is 0 Å². The summed E-state index contributed by atoms with van der Waals surface area (Å²) in [4.78, 5) is 31.0. The second kappa shape index (κ2) is 48.1. The Bertz CT molecular complexity index is 3040. The van der Waals surface area contributed by atoms with Crippen LogP contribution < -0.4 is 11.1 Å². The van der Waals surface area contributed by atoms with Crippen LogP contribution in [0.25, 0.3) is 49.5 Å². The third-order valence-electron chi connectivity index (χ3n) is 19.8. The minimum Gasteiger partial charge on any atom is -0.0654 e. The van der Waals surface area contributed by atoms with E-state index in [4.69, 9.17) is 0 Å². The maximum atomic E-state index is 16.1. The van der Waals surface area contributed by atoms with E-state index in [0.29, 0.717) is 18.7 Å². The zero-order valence-electron chi connectivity index (χ0n) is 59.0. The van der Waals surface area contributed by atoms with Gasteiger partial charge in [0.2, 0.25) is 0 Å². The van der Waals surface area contributed by atoms with E-state index in [9.17, 15) is 4.39 Å². The first-order chi connectivity index (χ1) is 45.0. The van der Waals surface area contributed by atoms with Gasteiger partial charge >= 0.3 is 389 Å². The molecular weight excluding hydrogens is 1500 g/mol. The van der Waals surface area contributed by atoms with Crippen LogP contribution in [0, 0.1) is 37.3 Å². The number of aryl methyl sites for hydroxylation is 4. The number of hydrogen-bond acceptors (Lipinski definition) is 2. The van der Waals surface area contributed by atoms with E-state index < -0.39 is 40.9 Å². The minimum atomic E-state index is -1.13. The van der Waals surface area contributed by atoms with E-state index in [0.717, 1.165) is 79.0 Å². The molecule has 2 unspecified atom stereocenters. The quantitative estimate of drug-likeness (QED) is 0.0282. The van der Waals surface area contributed by atoms with Gasteiger partial charge in [0.1, 0.15) is 0 Å². The van der Waals surface area contributed by atoms with Crippen LogP contribution in [0.3, 0.4) is 0 Å². The van der Waals surface area contributed by atoms with Gasteiger partial charge in [0.25, 0.3) is 0 Å². The third kappa shape index (κ3) is 29.4. The monoisotopic (exact) mass is 1630 g/mol. The van der Waals surface area contributed by atoms with Crippen LogP contribution in [0.2, 0.25) is 0 Å². The van der Waals surface area contributed by atoms with Gasteiger partial charge in [-0.1, -0.05) is 207 Å². The molecule has 4 nitrogen and oxygen atoms in total. The molecule has 0 aromatic carbocycles. The summed E-state index contributed by atoms with van der Waals surface area (Å²) in [5.41, 5.74) is 3.43. The van der Waals surface area contributed by atoms with Gasteiger partial charge in [-0.3, -0.25) is 0 Å². The molecular formula is C82H126F2N2O2Se2Te2. The molecule has 6 aromatic heterocycles. The van der Waals surface area contributed by atoms with Crippen LogP contribution in [0.1, 0.15) is 340 Å². The molecule has 6 rings (SSSR count). The number of aromatic nitrogens is 2. The molecule has 0 amide bonds. The minimum absolute atomic E-state index is 0.0332. The second-order valence-corrected chi connectivity index (χ2v) is 39.5.